The molecule has 1 saturated heterocycles. The molecule has 1 atom stereocenters. The van der Waals surface area contributed by atoms with Crippen molar-refractivity contribution in [3.8, 4) is 0 Å². The van der Waals surface area contributed by atoms with Gasteiger partial charge >= 0.3 is 5.91 Å². The van der Waals surface area contributed by atoms with Crippen LogP contribution in [0.2, 0.25) is 0 Å². The van der Waals surface area contributed by atoms with Crippen LogP contribution in [0.5, 0.6) is 0 Å². The minimum atomic E-state index is -0.858. The Labute approximate surface area is 187 Å². The predicted octanol–water partition coefficient (Wildman–Crippen LogP) is 5.37. The first-order chi connectivity index (χ1) is 15.4. The third-order valence-electron chi connectivity index (χ3n) is 5.42. The number of Topliss-reactive ketones (excluding diaryl/α,β-unsaturated/α-hetero) is 1. The Morgan fingerprint density at radius 3 is 2.47 bits per heavy atom. The summed E-state index contributed by atoms with van der Waals surface area (Å²) in [6.07, 6.45) is 0. The number of thiazole rings is 1. The topological polar surface area (TPSA) is 70.5 Å². The molecule has 1 fully saturated rings. The van der Waals surface area contributed by atoms with Crippen LogP contribution in [-0.2, 0) is 9.59 Å². The highest BCUT2D eigenvalue weighted by Crippen LogP contribution is 2.44. The zero-order chi connectivity index (χ0) is 22.4. The van der Waals surface area contributed by atoms with E-state index in [1.54, 1.807) is 24.3 Å². The number of rotatable bonds is 3. The Morgan fingerprint density at radius 2 is 1.75 bits per heavy atom. The lowest BCUT2D eigenvalue weighted by Crippen LogP contribution is -2.29. The molecule has 5 rings (SSSR count). The van der Waals surface area contributed by atoms with E-state index in [0.717, 1.165) is 15.8 Å². The number of amides is 1. The Balaban J connectivity index is 1.72. The molecule has 1 amide bonds. The van der Waals surface area contributed by atoms with Gasteiger partial charge in [0.15, 0.2) is 5.13 Å². The molecule has 1 N–H and O–H groups in total. The Hall–Kier alpha value is -3.84. The molecule has 1 aliphatic heterocycles. The van der Waals surface area contributed by atoms with E-state index < -0.39 is 23.5 Å². The van der Waals surface area contributed by atoms with Crippen molar-refractivity contribution in [1.82, 2.24) is 4.98 Å². The number of carbonyl (C=O) groups is 2. The molecule has 7 heteroatoms. The molecule has 0 radical (unpaired) electrons. The largest absolute Gasteiger partial charge is 0.507 e. The summed E-state index contributed by atoms with van der Waals surface area (Å²) in [6.45, 7) is 1.97. The summed E-state index contributed by atoms with van der Waals surface area (Å²) in [6, 6.07) is 19.1. The van der Waals surface area contributed by atoms with Gasteiger partial charge in [-0.25, -0.2) is 9.37 Å². The summed E-state index contributed by atoms with van der Waals surface area (Å²) in [5.41, 5.74) is 2.65. The Bertz CT molecular complexity index is 1390. The second-order valence-corrected chi connectivity index (χ2v) is 8.56. The molecule has 0 bridgehead atoms. The molecule has 32 heavy (non-hydrogen) atoms. The van der Waals surface area contributed by atoms with Crippen LogP contribution in [0.4, 0.5) is 9.52 Å². The van der Waals surface area contributed by atoms with E-state index in [1.807, 2.05) is 31.2 Å². The number of aryl methyl sites for hydroxylation is 1. The molecule has 4 aromatic rings. The molecular weight excluding hydrogens is 427 g/mol. The van der Waals surface area contributed by atoms with Crippen LogP contribution in [0.15, 0.2) is 78.4 Å². The minimum absolute atomic E-state index is 0.0526. The molecule has 1 aliphatic rings. The lowest BCUT2D eigenvalue weighted by molar-refractivity contribution is -0.132. The van der Waals surface area contributed by atoms with E-state index >= 15 is 0 Å². The minimum Gasteiger partial charge on any atom is -0.507 e. The fraction of sp³-hybridized carbons (Fsp3) is 0.0800. The fourth-order valence-corrected chi connectivity index (χ4v) is 4.96. The zero-order valence-corrected chi connectivity index (χ0v) is 17.8. The van der Waals surface area contributed by atoms with Gasteiger partial charge in [-0.05, 0) is 54.4 Å². The smallest absolute Gasteiger partial charge is 0.301 e. The van der Waals surface area contributed by atoms with Crippen LogP contribution in [0.25, 0.3) is 16.0 Å². The Morgan fingerprint density at radius 1 is 1.03 bits per heavy atom. The van der Waals surface area contributed by atoms with Gasteiger partial charge < -0.3 is 5.11 Å². The standard InChI is InChI=1S/C25H17FN2O3S/c1-14-7-12-18-19(13-14)32-25(27-18)28-21(15-5-3-2-4-6-15)20(23(30)24(28)31)22(29)16-8-10-17(26)11-9-16/h2-13,21,29H,1H3/b22-20+. The average Bonchev–Trinajstić information content (AvgIpc) is 3.32. The van der Waals surface area contributed by atoms with Gasteiger partial charge in [-0.1, -0.05) is 47.7 Å². The van der Waals surface area contributed by atoms with Crippen molar-refractivity contribution in [2.45, 2.75) is 13.0 Å². The number of ketones is 1. The molecule has 1 unspecified atom stereocenters. The number of hydrogen-bond acceptors (Lipinski definition) is 5. The molecular formula is C25H17FN2O3S. The van der Waals surface area contributed by atoms with E-state index in [9.17, 15) is 19.1 Å². The third-order valence-corrected chi connectivity index (χ3v) is 6.43. The maximum atomic E-state index is 13.4. The molecule has 0 saturated carbocycles. The molecule has 0 spiro atoms. The van der Waals surface area contributed by atoms with E-state index in [2.05, 4.69) is 4.98 Å². The maximum Gasteiger partial charge on any atom is 0.301 e. The number of nitrogens with zero attached hydrogens (tertiary/aromatic N) is 2. The van der Waals surface area contributed by atoms with Crippen LogP contribution < -0.4 is 4.90 Å². The molecule has 3 aromatic carbocycles. The lowest BCUT2D eigenvalue weighted by atomic mass is 9.95. The molecule has 5 nitrogen and oxygen atoms in total. The van der Waals surface area contributed by atoms with Crippen LogP contribution in [0, 0.1) is 12.7 Å². The average molecular weight is 444 g/mol. The summed E-state index contributed by atoms with van der Waals surface area (Å²) >= 11 is 1.31. The number of hydrogen-bond donors (Lipinski definition) is 1. The number of aliphatic hydroxyl groups is 1. The van der Waals surface area contributed by atoms with E-state index in [-0.39, 0.29) is 16.9 Å². The zero-order valence-electron chi connectivity index (χ0n) is 16.9. The highest BCUT2D eigenvalue weighted by atomic mass is 32.1. The normalized spacial score (nSPS) is 17.9. The summed E-state index contributed by atoms with van der Waals surface area (Å²) < 4.78 is 14.3. The number of fused-ring (bicyclic) bond motifs is 1. The summed E-state index contributed by atoms with van der Waals surface area (Å²) in [7, 11) is 0. The summed E-state index contributed by atoms with van der Waals surface area (Å²) in [5.74, 6) is -2.39. The van der Waals surface area contributed by atoms with Crippen LogP contribution in [0.1, 0.15) is 22.7 Å². The SMILES string of the molecule is Cc1ccc2nc(N3C(=O)C(=O)/C(=C(/O)c4ccc(F)cc4)C3c3ccccc3)sc2c1. The summed E-state index contributed by atoms with van der Waals surface area (Å²) in [5, 5.41) is 11.4. The second kappa shape index (κ2) is 7.69. The first kappa shape index (κ1) is 20.1. The lowest BCUT2D eigenvalue weighted by Gasteiger charge is -2.22. The van der Waals surface area contributed by atoms with Crippen LogP contribution >= 0.6 is 11.3 Å². The maximum absolute atomic E-state index is 13.4. The number of aliphatic hydroxyl groups excluding tert-OH is 1. The highest BCUT2D eigenvalue weighted by molar-refractivity contribution is 7.22. The Kier molecular flexibility index (Phi) is 4.83. The van der Waals surface area contributed by atoms with Gasteiger partial charge in [0, 0.05) is 5.56 Å². The van der Waals surface area contributed by atoms with Crippen LogP contribution in [-0.4, -0.2) is 21.8 Å². The van der Waals surface area contributed by atoms with E-state index in [0.29, 0.717) is 10.7 Å². The predicted molar refractivity (Wildman–Crippen MR) is 122 cm³/mol. The molecule has 158 valence electrons. The molecule has 2 heterocycles. The van der Waals surface area contributed by atoms with E-state index in [1.165, 1.54) is 40.5 Å². The van der Waals surface area contributed by atoms with Crippen LogP contribution in [0.3, 0.4) is 0 Å². The molecule has 0 aliphatic carbocycles. The van der Waals surface area contributed by atoms with Crippen molar-refractivity contribution in [1.29, 1.82) is 0 Å². The van der Waals surface area contributed by atoms with Crippen molar-refractivity contribution in [3.63, 3.8) is 0 Å². The van der Waals surface area contributed by atoms with Crippen molar-refractivity contribution in [3.05, 3.63) is 101 Å². The first-order valence-electron chi connectivity index (χ1n) is 9.93. The number of anilines is 1. The van der Waals surface area contributed by atoms with Gasteiger partial charge in [0.25, 0.3) is 5.78 Å². The van der Waals surface area contributed by atoms with E-state index in [4.69, 9.17) is 0 Å². The fourth-order valence-electron chi connectivity index (χ4n) is 3.87. The number of benzene rings is 3. The van der Waals surface area contributed by atoms with Gasteiger partial charge in [-0.2, -0.15) is 0 Å². The van der Waals surface area contributed by atoms with Gasteiger partial charge in [-0.15, -0.1) is 0 Å². The van der Waals surface area contributed by atoms with Crippen molar-refractivity contribution in [2.75, 3.05) is 4.90 Å². The van der Waals surface area contributed by atoms with Gasteiger partial charge in [0.1, 0.15) is 11.6 Å². The monoisotopic (exact) mass is 444 g/mol. The van der Waals surface area contributed by atoms with Crippen molar-refractivity contribution in [2.24, 2.45) is 0 Å². The van der Waals surface area contributed by atoms with Crippen molar-refractivity contribution < 1.29 is 19.1 Å². The van der Waals surface area contributed by atoms with Gasteiger partial charge in [-0.3, -0.25) is 14.5 Å². The first-order valence-corrected chi connectivity index (χ1v) is 10.7. The second-order valence-electron chi connectivity index (χ2n) is 7.55. The highest BCUT2D eigenvalue weighted by Gasteiger charge is 2.48. The van der Waals surface area contributed by atoms with Gasteiger partial charge in [0.05, 0.1) is 21.8 Å². The number of aromatic nitrogens is 1. The summed E-state index contributed by atoms with van der Waals surface area (Å²) in [4.78, 5) is 32.2. The van der Waals surface area contributed by atoms with Gasteiger partial charge in [0.2, 0.25) is 0 Å². The number of carbonyl (C=O) groups excluding carboxylic acids is 2. The third kappa shape index (κ3) is 3.27. The molecule has 1 aromatic heterocycles. The quantitative estimate of drug-likeness (QED) is 0.262. The number of halogens is 1. The van der Waals surface area contributed by atoms with Crippen molar-refractivity contribution >= 4 is 44.1 Å².